The standard InChI is InChI=1S/C20H20F2N2O3S/c1-14-8-9-16(28-14)12-24(11-15-5-4-10-26-15)13-19(25)23-17-6-2-3-7-18(17)27-20(21)22/h2-10,20H,11-13H2,1H3,(H,23,25). The minimum absolute atomic E-state index is 0.0701. The first kappa shape index (κ1) is 20.0. The lowest BCUT2D eigenvalue weighted by Crippen LogP contribution is -2.32. The van der Waals surface area contributed by atoms with Crippen LogP contribution in [0.15, 0.2) is 59.2 Å². The maximum atomic E-state index is 12.6. The van der Waals surface area contributed by atoms with Gasteiger partial charge in [-0.15, -0.1) is 11.3 Å². The highest BCUT2D eigenvalue weighted by Gasteiger charge is 2.17. The van der Waals surface area contributed by atoms with Gasteiger partial charge in [0, 0.05) is 16.3 Å². The molecule has 0 aliphatic rings. The third-order valence-corrected chi connectivity index (χ3v) is 4.86. The fraction of sp³-hybridized carbons (Fsp3) is 0.250. The van der Waals surface area contributed by atoms with Crippen molar-refractivity contribution in [2.75, 3.05) is 11.9 Å². The van der Waals surface area contributed by atoms with Crippen molar-refractivity contribution in [1.82, 2.24) is 4.90 Å². The number of thiophene rings is 1. The fourth-order valence-electron chi connectivity index (χ4n) is 2.74. The summed E-state index contributed by atoms with van der Waals surface area (Å²) in [4.78, 5) is 16.8. The Morgan fingerprint density at radius 1 is 1.18 bits per heavy atom. The molecule has 1 amide bonds. The van der Waals surface area contributed by atoms with Gasteiger partial charge in [-0.1, -0.05) is 12.1 Å². The number of carbonyl (C=O) groups is 1. The Hall–Kier alpha value is -2.71. The van der Waals surface area contributed by atoms with Crippen LogP contribution in [0, 0.1) is 6.92 Å². The molecule has 28 heavy (non-hydrogen) atoms. The average Bonchev–Trinajstić information content (AvgIpc) is 3.28. The lowest BCUT2D eigenvalue weighted by atomic mass is 10.3. The van der Waals surface area contributed by atoms with Crippen molar-refractivity contribution in [2.24, 2.45) is 0 Å². The predicted molar refractivity (Wildman–Crippen MR) is 104 cm³/mol. The molecule has 0 saturated carbocycles. The summed E-state index contributed by atoms with van der Waals surface area (Å²) < 4.78 is 35.0. The highest BCUT2D eigenvalue weighted by atomic mass is 32.1. The number of hydrogen-bond donors (Lipinski definition) is 1. The van der Waals surface area contributed by atoms with E-state index in [1.807, 2.05) is 30.0 Å². The number of anilines is 1. The molecule has 0 bridgehead atoms. The minimum atomic E-state index is -2.96. The molecular weight excluding hydrogens is 386 g/mol. The van der Waals surface area contributed by atoms with E-state index in [-0.39, 0.29) is 23.9 Å². The minimum Gasteiger partial charge on any atom is -0.468 e. The Labute approximate surface area is 165 Å². The van der Waals surface area contributed by atoms with Gasteiger partial charge in [0.1, 0.15) is 11.5 Å². The highest BCUT2D eigenvalue weighted by Crippen LogP contribution is 2.25. The summed E-state index contributed by atoms with van der Waals surface area (Å²) in [5.74, 6) is 0.338. The Bertz CT molecular complexity index is 897. The van der Waals surface area contributed by atoms with Crippen LogP contribution >= 0.6 is 11.3 Å². The van der Waals surface area contributed by atoms with Crippen molar-refractivity contribution < 1.29 is 22.7 Å². The van der Waals surface area contributed by atoms with Crippen molar-refractivity contribution in [3.05, 3.63) is 70.3 Å². The van der Waals surface area contributed by atoms with Gasteiger partial charge < -0.3 is 14.5 Å². The number of aryl methyl sites for hydroxylation is 1. The second-order valence-corrected chi connectivity index (χ2v) is 7.53. The molecule has 0 atom stereocenters. The first-order valence-corrected chi connectivity index (χ1v) is 9.45. The SMILES string of the molecule is Cc1ccc(CN(CC(=O)Nc2ccccc2OC(F)F)Cc2ccco2)s1. The zero-order valence-corrected chi connectivity index (χ0v) is 16.0. The smallest absolute Gasteiger partial charge is 0.387 e. The van der Waals surface area contributed by atoms with Crippen molar-refractivity contribution >= 4 is 22.9 Å². The quantitative estimate of drug-likeness (QED) is 0.550. The first-order valence-electron chi connectivity index (χ1n) is 8.63. The number of amides is 1. The number of carbonyl (C=O) groups excluding carboxylic acids is 1. The summed E-state index contributed by atoms with van der Waals surface area (Å²) in [6, 6.07) is 13.8. The molecule has 2 heterocycles. The Kier molecular flexibility index (Phi) is 6.78. The predicted octanol–water partition coefficient (Wildman–Crippen LogP) is 4.89. The number of ether oxygens (including phenoxy) is 1. The highest BCUT2D eigenvalue weighted by molar-refractivity contribution is 7.11. The van der Waals surface area contributed by atoms with E-state index in [1.165, 1.54) is 17.0 Å². The zero-order chi connectivity index (χ0) is 19.9. The van der Waals surface area contributed by atoms with Gasteiger partial charge in [0.05, 0.1) is 25.0 Å². The lowest BCUT2D eigenvalue weighted by Gasteiger charge is -2.20. The normalized spacial score (nSPS) is 11.2. The van der Waals surface area contributed by atoms with E-state index in [1.54, 1.807) is 35.8 Å². The molecule has 8 heteroatoms. The van der Waals surface area contributed by atoms with Crippen LogP contribution in [0.3, 0.4) is 0 Å². The van der Waals surface area contributed by atoms with Crippen LogP contribution in [0.25, 0.3) is 0 Å². The van der Waals surface area contributed by atoms with Crippen molar-refractivity contribution in [3.63, 3.8) is 0 Å². The third kappa shape index (κ3) is 5.90. The van der Waals surface area contributed by atoms with Gasteiger partial charge in [-0.2, -0.15) is 8.78 Å². The van der Waals surface area contributed by atoms with E-state index in [2.05, 4.69) is 10.1 Å². The molecule has 0 spiro atoms. The maximum Gasteiger partial charge on any atom is 0.387 e. The van der Waals surface area contributed by atoms with E-state index in [0.29, 0.717) is 13.1 Å². The molecule has 2 aromatic heterocycles. The van der Waals surface area contributed by atoms with E-state index in [0.717, 1.165) is 10.6 Å². The number of halogens is 2. The Morgan fingerprint density at radius 2 is 2.00 bits per heavy atom. The number of rotatable bonds is 9. The van der Waals surface area contributed by atoms with Crippen LogP contribution < -0.4 is 10.1 Å². The van der Waals surface area contributed by atoms with E-state index >= 15 is 0 Å². The molecule has 1 aromatic carbocycles. The number of furan rings is 1. The molecule has 0 fully saturated rings. The molecule has 148 valence electrons. The third-order valence-electron chi connectivity index (χ3n) is 3.88. The number of nitrogens with zero attached hydrogens (tertiary/aromatic N) is 1. The molecular formula is C20H20F2N2O3S. The van der Waals surface area contributed by atoms with Gasteiger partial charge in [-0.3, -0.25) is 9.69 Å². The molecule has 3 aromatic rings. The number of nitrogens with one attached hydrogen (secondary N) is 1. The van der Waals surface area contributed by atoms with Crippen LogP contribution in [-0.4, -0.2) is 24.0 Å². The van der Waals surface area contributed by atoms with Crippen LogP contribution in [0.1, 0.15) is 15.5 Å². The number of para-hydroxylation sites is 2. The Morgan fingerprint density at radius 3 is 2.68 bits per heavy atom. The van der Waals surface area contributed by atoms with E-state index in [9.17, 15) is 13.6 Å². The van der Waals surface area contributed by atoms with Crippen LogP contribution in [0.2, 0.25) is 0 Å². The average molecular weight is 406 g/mol. The molecule has 1 N–H and O–H groups in total. The molecule has 3 rings (SSSR count). The molecule has 0 saturated heterocycles. The molecule has 0 radical (unpaired) electrons. The van der Waals surface area contributed by atoms with Crippen molar-refractivity contribution in [3.8, 4) is 5.75 Å². The van der Waals surface area contributed by atoms with Gasteiger partial charge in [0.2, 0.25) is 5.91 Å². The van der Waals surface area contributed by atoms with E-state index < -0.39 is 6.61 Å². The van der Waals surface area contributed by atoms with Crippen LogP contribution in [-0.2, 0) is 17.9 Å². The van der Waals surface area contributed by atoms with Gasteiger partial charge in [-0.25, -0.2) is 0 Å². The second-order valence-electron chi connectivity index (χ2n) is 6.16. The van der Waals surface area contributed by atoms with E-state index in [4.69, 9.17) is 4.42 Å². The molecule has 0 aliphatic carbocycles. The Balaban J connectivity index is 1.68. The summed E-state index contributed by atoms with van der Waals surface area (Å²) in [5.41, 5.74) is 0.206. The van der Waals surface area contributed by atoms with Crippen molar-refractivity contribution in [2.45, 2.75) is 26.6 Å². The summed E-state index contributed by atoms with van der Waals surface area (Å²) in [5, 5.41) is 2.65. The summed E-state index contributed by atoms with van der Waals surface area (Å²) in [7, 11) is 0. The monoisotopic (exact) mass is 406 g/mol. The van der Waals surface area contributed by atoms with Gasteiger partial charge in [0.15, 0.2) is 0 Å². The molecule has 0 unspecified atom stereocenters. The fourth-order valence-corrected chi connectivity index (χ4v) is 3.68. The first-order chi connectivity index (χ1) is 13.5. The van der Waals surface area contributed by atoms with Crippen LogP contribution in [0.4, 0.5) is 14.5 Å². The lowest BCUT2D eigenvalue weighted by molar-refractivity contribution is -0.117. The number of hydrogen-bond acceptors (Lipinski definition) is 5. The summed E-state index contributed by atoms with van der Waals surface area (Å²) in [6.45, 7) is 0.155. The van der Waals surface area contributed by atoms with Gasteiger partial charge in [-0.05, 0) is 43.3 Å². The van der Waals surface area contributed by atoms with Crippen LogP contribution in [0.5, 0.6) is 5.75 Å². The number of alkyl halides is 2. The topological polar surface area (TPSA) is 54.7 Å². The maximum absolute atomic E-state index is 12.6. The summed E-state index contributed by atoms with van der Waals surface area (Å²) in [6.07, 6.45) is 1.58. The zero-order valence-electron chi connectivity index (χ0n) is 15.2. The van der Waals surface area contributed by atoms with Gasteiger partial charge >= 0.3 is 6.61 Å². The van der Waals surface area contributed by atoms with Gasteiger partial charge in [0.25, 0.3) is 0 Å². The second kappa shape index (κ2) is 9.48. The largest absolute Gasteiger partial charge is 0.468 e. The number of benzene rings is 1. The van der Waals surface area contributed by atoms with Crippen molar-refractivity contribution in [1.29, 1.82) is 0 Å². The summed E-state index contributed by atoms with van der Waals surface area (Å²) >= 11 is 1.66. The molecule has 5 nitrogen and oxygen atoms in total. The molecule has 0 aliphatic heterocycles.